The first-order valence-corrected chi connectivity index (χ1v) is 5.99. The Bertz CT molecular complexity index is 505. The molecular formula is C13H16N4O2. The molecule has 6 heteroatoms. The van der Waals surface area contributed by atoms with Crippen molar-refractivity contribution in [1.82, 2.24) is 9.78 Å². The molecule has 19 heavy (non-hydrogen) atoms. The smallest absolute Gasteiger partial charge is 0.412 e. The first kappa shape index (κ1) is 14.6. The van der Waals surface area contributed by atoms with Crippen molar-refractivity contribution in [2.45, 2.75) is 32.7 Å². The van der Waals surface area contributed by atoms with Crippen molar-refractivity contribution in [3.8, 4) is 17.9 Å². The first-order valence-electron chi connectivity index (χ1n) is 5.99. The third-order valence-electron chi connectivity index (χ3n) is 2.26. The Morgan fingerprint density at radius 1 is 1.58 bits per heavy atom. The topological polar surface area (TPSA) is 79.9 Å². The highest BCUT2D eigenvalue weighted by Gasteiger charge is 2.04. The largest absolute Gasteiger partial charge is 0.436 e. The molecule has 0 bridgehead atoms. The minimum Gasteiger partial charge on any atom is -0.436 e. The van der Waals surface area contributed by atoms with Crippen LogP contribution in [-0.2, 0) is 11.3 Å². The molecule has 100 valence electrons. The minimum atomic E-state index is -0.549. The summed E-state index contributed by atoms with van der Waals surface area (Å²) in [7, 11) is 0. The molecule has 1 rings (SSSR count). The number of rotatable bonds is 6. The second-order valence-corrected chi connectivity index (χ2v) is 3.74. The lowest BCUT2D eigenvalue weighted by atomic mass is 10.2. The molecule has 0 spiro atoms. The van der Waals surface area contributed by atoms with Crippen molar-refractivity contribution >= 4 is 11.8 Å². The van der Waals surface area contributed by atoms with E-state index >= 15 is 0 Å². The fourth-order valence-corrected chi connectivity index (χ4v) is 1.36. The number of ether oxygens (including phenoxy) is 1. The molecule has 0 aromatic carbocycles. The second kappa shape index (κ2) is 8.60. The molecule has 1 heterocycles. The highest BCUT2D eigenvalue weighted by atomic mass is 16.5. The first-order chi connectivity index (χ1) is 9.26. The molecule has 0 fully saturated rings. The molecule has 0 saturated heterocycles. The number of unbranched alkanes of at least 4 members (excludes halogenated alkanes) is 2. The Morgan fingerprint density at radius 2 is 2.42 bits per heavy atom. The van der Waals surface area contributed by atoms with E-state index in [4.69, 9.17) is 10.00 Å². The van der Waals surface area contributed by atoms with Gasteiger partial charge in [-0.05, 0) is 19.8 Å². The molecule has 1 aromatic rings. The number of carbonyl (C=O) groups is 1. The standard InChI is InChI=1S/C13H16N4O2/c1-2-3-9-19-13(18)16-12-10-15-17(11-12)8-6-4-5-7-14/h10-11H,4-6,8-9H2,1H3,(H,16,18). The van der Waals surface area contributed by atoms with Gasteiger partial charge in [-0.1, -0.05) is 5.92 Å². The molecule has 1 aromatic heterocycles. The van der Waals surface area contributed by atoms with Crippen LogP contribution in [0.2, 0.25) is 0 Å². The van der Waals surface area contributed by atoms with Gasteiger partial charge in [-0.2, -0.15) is 10.4 Å². The van der Waals surface area contributed by atoms with E-state index in [0.29, 0.717) is 12.1 Å². The number of hydrogen-bond donors (Lipinski definition) is 1. The maximum absolute atomic E-state index is 11.3. The maximum atomic E-state index is 11.3. The van der Waals surface area contributed by atoms with Gasteiger partial charge in [0, 0.05) is 19.2 Å². The maximum Gasteiger partial charge on any atom is 0.412 e. The normalized spacial score (nSPS) is 9.05. The summed E-state index contributed by atoms with van der Waals surface area (Å²) < 4.78 is 6.53. The molecule has 0 aliphatic carbocycles. The average Bonchev–Trinajstić information content (AvgIpc) is 2.82. The molecule has 0 aliphatic heterocycles. The van der Waals surface area contributed by atoms with Gasteiger partial charge in [0.25, 0.3) is 0 Å². The Morgan fingerprint density at radius 3 is 3.16 bits per heavy atom. The van der Waals surface area contributed by atoms with Gasteiger partial charge in [0.05, 0.1) is 18.0 Å². The number of nitrogens with one attached hydrogen (secondary N) is 1. The van der Waals surface area contributed by atoms with Crippen LogP contribution in [0.4, 0.5) is 10.5 Å². The van der Waals surface area contributed by atoms with Crippen LogP contribution in [0.1, 0.15) is 26.2 Å². The molecular weight excluding hydrogens is 244 g/mol. The van der Waals surface area contributed by atoms with Gasteiger partial charge >= 0.3 is 6.09 Å². The lowest BCUT2D eigenvalue weighted by molar-refractivity contribution is 0.176. The Hall–Kier alpha value is -2.47. The van der Waals surface area contributed by atoms with Gasteiger partial charge in [0.1, 0.15) is 0 Å². The van der Waals surface area contributed by atoms with E-state index in [1.807, 2.05) is 0 Å². The van der Waals surface area contributed by atoms with Crippen LogP contribution < -0.4 is 5.32 Å². The molecule has 0 aliphatic rings. The second-order valence-electron chi connectivity index (χ2n) is 3.74. The van der Waals surface area contributed by atoms with E-state index in [1.54, 1.807) is 24.0 Å². The lowest BCUT2D eigenvalue weighted by Gasteiger charge is -2.01. The van der Waals surface area contributed by atoms with E-state index in [0.717, 1.165) is 19.4 Å². The minimum absolute atomic E-state index is 0.0740. The molecule has 0 atom stereocenters. The Labute approximate surface area is 112 Å². The lowest BCUT2D eigenvalue weighted by Crippen LogP contribution is -2.13. The van der Waals surface area contributed by atoms with Crippen molar-refractivity contribution < 1.29 is 9.53 Å². The summed E-state index contributed by atoms with van der Waals surface area (Å²) in [6, 6.07) is 2.10. The third-order valence-corrected chi connectivity index (χ3v) is 2.26. The van der Waals surface area contributed by atoms with Crippen molar-refractivity contribution in [2.75, 3.05) is 11.9 Å². The monoisotopic (exact) mass is 260 g/mol. The zero-order chi connectivity index (χ0) is 13.9. The summed E-state index contributed by atoms with van der Waals surface area (Å²) in [4.78, 5) is 11.3. The quantitative estimate of drug-likeness (QED) is 0.627. The van der Waals surface area contributed by atoms with Gasteiger partial charge in [0.15, 0.2) is 6.61 Å². The molecule has 0 unspecified atom stereocenters. The van der Waals surface area contributed by atoms with Crippen LogP contribution in [0.3, 0.4) is 0 Å². The predicted octanol–water partition coefficient (Wildman–Crippen LogP) is 2.15. The highest BCUT2D eigenvalue weighted by Crippen LogP contribution is 2.06. The Kier molecular flexibility index (Phi) is 6.60. The highest BCUT2D eigenvalue weighted by molar-refractivity contribution is 5.84. The molecule has 1 amide bonds. The van der Waals surface area contributed by atoms with Gasteiger partial charge in [-0.3, -0.25) is 10.00 Å². The van der Waals surface area contributed by atoms with Crippen LogP contribution in [0, 0.1) is 23.2 Å². The van der Waals surface area contributed by atoms with Crippen LogP contribution in [0.25, 0.3) is 0 Å². The van der Waals surface area contributed by atoms with Gasteiger partial charge < -0.3 is 4.74 Å². The van der Waals surface area contributed by atoms with E-state index in [9.17, 15) is 4.79 Å². The summed E-state index contributed by atoms with van der Waals surface area (Å²) in [5.74, 6) is 5.26. The van der Waals surface area contributed by atoms with Crippen molar-refractivity contribution in [2.24, 2.45) is 0 Å². The van der Waals surface area contributed by atoms with E-state index in [-0.39, 0.29) is 6.61 Å². The fraction of sp³-hybridized carbons (Fsp3) is 0.462. The zero-order valence-electron chi connectivity index (χ0n) is 10.8. The summed E-state index contributed by atoms with van der Waals surface area (Å²) >= 11 is 0. The van der Waals surface area contributed by atoms with Crippen LogP contribution >= 0.6 is 0 Å². The van der Waals surface area contributed by atoms with Crippen molar-refractivity contribution in [3.05, 3.63) is 12.4 Å². The van der Waals surface area contributed by atoms with E-state index < -0.39 is 6.09 Å². The average molecular weight is 260 g/mol. The summed E-state index contributed by atoms with van der Waals surface area (Å²) in [6.45, 7) is 2.47. The summed E-state index contributed by atoms with van der Waals surface area (Å²) in [5.41, 5.74) is 0.578. The van der Waals surface area contributed by atoms with E-state index in [1.165, 1.54) is 0 Å². The number of aryl methyl sites for hydroxylation is 1. The third kappa shape index (κ3) is 6.13. The number of nitriles is 1. The summed E-state index contributed by atoms with van der Waals surface area (Å²) in [5, 5.41) is 15.1. The van der Waals surface area contributed by atoms with E-state index in [2.05, 4.69) is 28.3 Å². The zero-order valence-corrected chi connectivity index (χ0v) is 10.8. The van der Waals surface area contributed by atoms with Crippen LogP contribution in [0.5, 0.6) is 0 Å². The molecule has 0 radical (unpaired) electrons. The number of aromatic nitrogens is 2. The van der Waals surface area contributed by atoms with Gasteiger partial charge in [-0.15, -0.1) is 5.92 Å². The van der Waals surface area contributed by atoms with Crippen molar-refractivity contribution in [3.63, 3.8) is 0 Å². The predicted molar refractivity (Wildman–Crippen MR) is 70.1 cm³/mol. The Balaban J connectivity index is 2.31. The summed E-state index contributed by atoms with van der Waals surface area (Å²) in [6.07, 6.45) is 5.00. The molecule has 1 N–H and O–H groups in total. The molecule has 6 nitrogen and oxygen atoms in total. The van der Waals surface area contributed by atoms with Gasteiger partial charge in [-0.25, -0.2) is 4.79 Å². The van der Waals surface area contributed by atoms with Gasteiger partial charge in [0.2, 0.25) is 0 Å². The number of carbonyl (C=O) groups excluding carboxylic acids is 1. The van der Waals surface area contributed by atoms with Crippen LogP contribution in [-0.4, -0.2) is 22.5 Å². The van der Waals surface area contributed by atoms with Crippen LogP contribution in [0.15, 0.2) is 12.4 Å². The number of anilines is 1. The number of hydrogen-bond acceptors (Lipinski definition) is 4. The van der Waals surface area contributed by atoms with Crippen molar-refractivity contribution in [1.29, 1.82) is 5.26 Å². The number of nitrogens with zero attached hydrogens (tertiary/aromatic N) is 3. The SMILES string of the molecule is CC#CCOC(=O)Nc1cnn(CCCCC#N)c1. The number of amides is 1. The molecule has 0 saturated carbocycles. The fourth-order valence-electron chi connectivity index (χ4n) is 1.36.